The topological polar surface area (TPSA) is 52.8 Å². The van der Waals surface area contributed by atoms with Crippen molar-refractivity contribution in [3.05, 3.63) is 168 Å². The van der Waals surface area contributed by atoms with Gasteiger partial charge < -0.3 is 9.47 Å². The molecule has 2 aliphatic rings. The molecule has 0 fully saturated rings. The van der Waals surface area contributed by atoms with Crippen LogP contribution in [0.25, 0.3) is 22.5 Å². The number of rotatable bonds is 6. The average molecular weight is 607 g/mol. The second-order valence-electron chi connectivity index (χ2n) is 11.4. The zero-order valence-electron chi connectivity index (χ0n) is 24.8. The number of ether oxygens (including phenoxy) is 2. The second-order valence-corrected chi connectivity index (χ2v) is 12.4. The minimum Gasteiger partial charge on any atom is -0.497 e. The van der Waals surface area contributed by atoms with Gasteiger partial charge in [0.05, 0.1) is 23.4 Å². The molecule has 0 bridgehead atoms. The zero-order valence-corrected chi connectivity index (χ0v) is 25.6. The molecule has 5 aromatic carbocycles. The first-order chi connectivity index (χ1) is 22.2. The molecule has 1 aliphatic carbocycles. The molecule has 220 valence electrons. The van der Waals surface area contributed by atoms with Crippen LogP contribution in [0.1, 0.15) is 40.3 Å². The summed E-state index contributed by atoms with van der Waals surface area (Å²) in [7, 11) is 1.67. The highest BCUT2D eigenvalue weighted by atomic mass is 32.1. The summed E-state index contributed by atoms with van der Waals surface area (Å²) in [5.41, 5.74) is 7.53. The lowest BCUT2D eigenvalue weighted by Crippen LogP contribution is -2.38. The smallest absolute Gasteiger partial charge is 0.271 e. The second kappa shape index (κ2) is 11.4. The summed E-state index contributed by atoms with van der Waals surface area (Å²) in [5, 5.41) is 2.36. The Morgan fingerprint density at radius 3 is 2.62 bits per heavy atom. The molecule has 0 saturated carbocycles. The molecule has 6 aromatic rings. The number of methoxy groups -OCH3 is 1. The highest BCUT2D eigenvalue weighted by Crippen LogP contribution is 2.41. The highest BCUT2D eigenvalue weighted by Gasteiger charge is 2.32. The maximum absolute atomic E-state index is 14.3. The summed E-state index contributed by atoms with van der Waals surface area (Å²) in [6.45, 7) is 0.426. The van der Waals surface area contributed by atoms with Gasteiger partial charge in [-0.1, -0.05) is 108 Å². The summed E-state index contributed by atoms with van der Waals surface area (Å²) in [6.07, 6.45) is 3.70. The SMILES string of the molecule is COc1cccc(C2C3=C(N=c4s/c(=C/c5ccccc5OCc5cccc6ccccc56)c(=O)n42)c2ccccc2CC3)c1. The normalized spacial score (nSPS) is 15.7. The molecule has 0 radical (unpaired) electrons. The Labute approximate surface area is 264 Å². The molecular weight excluding hydrogens is 577 g/mol. The Bertz CT molecular complexity index is 2310. The van der Waals surface area contributed by atoms with E-state index in [-0.39, 0.29) is 11.6 Å². The van der Waals surface area contributed by atoms with Crippen molar-refractivity contribution in [3.63, 3.8) is 0 Å². The standard InChI is InChI=1S/C39H30N2O3S/c1-43-30-16-9-14-28(22-30)37-33-21-20-26-11-3-6-18-32(26)36(33)40-39-41(37)38(42)35(45-39)23-27-12-4-7-19-34(27)44-24-29-15-8-13-25-10-2-5-17-31(25)29/h2-19,22-23,37H,20-21,24H2,1H3/b35-23+. The van der Waals surface area contributed by atoms with Crippen LogP contribution in [0.15, 0.2) is 131 Å². The Morgan fingerprint density at radius 2 is 1.69 bits per heavy atom. The summed E-state index contributed by atoms with van der Waals surface area (Å²) >= 11 is 1.43. The van der Waals surface area contributed by atoms with E-state index < -0.39 is 0 Å². The molecule has 5 nitrogen and oxygen atoms in total. The molecule has 8 rings (SSSR count). The molecule has 45 heavy (non-hydrogen) atoms. The number of para-hydroxylation sites is 1. The lowest BCUT2D eigenvalue weighted by atomic mass is 9.83. The van der Waals surface area contributed by atoms with Crippen LogP contribution < -0.4 is 24.4 Å². The fraction of sp³-hybridized carbons (Fsp3) is 0.128. The third-order valence-corrected chi connectivity index (χ3v) is 9.73. The van der Waals surface area contributed by atoms with Gasteiger partial charge in [-0.15, -0.1) is 0 Å². The van der Waals surface area contributed by atoms with Crippen molar-refractivity contribution in [2.24, 2.45) is 4.99 Å². The fourth-order valence-corrected chi connectivity index (χ4v) is 7.57. The van der Waals surface area contributed by atoms with E-state index in [0.717, 1.165) is 52.3 Å². The number of fused-ring (bicyclic) bond motifs is 4. The third kappa shape index (κ3) is 4.88. The van der Waals surface area contributed by atoms with Crippen LogP contribution in [-0.2, 0) is 13.0 Å². The van der Waals surface area contributed by atoms with Crippen LogP contribution in [0.5, 0.6) is 11.5 Å². The van der Waals surface area contributed by atoms with Gasteiger partial charge in [-0.05, 0) is 70.2 Å². The van der Waals surface area contributed by atoms with Gasteiger partial charge in [-0.2, -0.15) is 0 Å². The Hall–Kier alpha value is -5.20. The van der Waals surface area contributed by atoms with E-state index in [0.29, 0.717) is 15.9 Å². The van der Waals surface area contributed by atoms with Crippen LogP contribution in [0.2, 0.25) is 0 Å². The highest BCUT2D eigenvalue weighted by molar-refractivity contribution is 7.07. The minimum atomic E-state index is -0.264. The van der Waals surface area contributed by atoms with Crippen molar-refractivity contribution in [3.8, 4) is 11.5 Å². The molecule has 0 amide bonds. The molecule has 0 saturated heterocycles. The van der Waals surface area contributed by atoms with Gasteiger partial charge in [-0.25, -0.2) is 4.99 Å². The molecule has 0 N–H and O–H groups in total. The van der Waals surface area contributed by atoms with Gasteiger partial charge in [-0.3, -0.25) is 9.36 Å². The number of hydrogen-bond donors (Lipinski definition) is 0. The molecule has 1 atom stereocenters. The van der Waals surface area contributed by atoms with Gasteiger partial charge in [0.15, 0.2) is 4.80 Å². The lowest BCUT2D eigenvalue weighted by molar-refractivity contribution is 0.307. The number of benzene rings is 5. The predicted molar refractivity (Wildman–Crippen MR) is 180 cm³/mol. The number of allylic oxidation sites excluding steroid dienone is 1. The molecule has 1 aliphatic heterocycles. The molecule has 6 heteroatoms. The largest absolute Gasteiger partial charge is 0.497 e. The number of hydrogen-bond acceptors (Lipinski definition) is 5. The van der Waals surface area contributed by atoms with Crippen molar-refractivity contribution in [2.75, 3.05) is 7.11 Å². The van der Waals surface area contributed by atoms with E-state index in [1.807, 2.05) is 59.2 Å². The van der Waals surface area contributed by atoms with Crippen LogP contribution >= 0.6 is 11.3 Å². The van der Waals surface area contributed by atoms with Crippen LogP contribution in [0, 0.1) is 0 Å². The maximum atomic E-state index is 14.3. The summed E-state index contributed by atoms with van der Waals surface area (Å²) in [4.78, 5) is 20.2. The Balaban J connectivity index is 1.24. The molecule has 0 spiro atoms. The summed E-state index contributed by atoms with van der Waals surface area (Å²) in [5.74, 6) is 1.50. The van der Waals surface area contributed by atoms with Gasteiger partial charge in [0, 0.05) is 11.1 Å². The average Bonchev–Trinajstić information content (AvgIpc) is 3.40. The first-order valence-electron chi connectivity index (χ1n) is 15.1. The van der Waals surface area contributed by atoms with E-state index >= 15 is 0 Å². The number of aryl methyl sites for hydroxylation is 1. The van der Waals surface area contributed by atoms with Crippen LogP contribution in [0.3, 0.4) is 0 Å². The molecular formula is C39H30N2O3S. The molecule has 2 heterocycles. The van der Waals surface area contributed by atoms with Crippen molar-refractivity contribution in [1.29, 1.82) is 0 Å². The first-order valence-corrected chi connectivity index (χ1v) is 15.9. The van der Waals surface area contributed by atoms with Gasteiger partial charge in [0.1, 0.15) is 18.1 Å². The minimum absolute atomic E-state index is 0.0548. The van der Waals surface area contributed by atoms with Crippen molar-refractivity contribution in [2.45, 2.75) is 25.5 Å². The fourth-order valence-electron chi connectivity index (χ4n) is 6.58. The van der Waals surface area contributed by atoms with Gasteiger partial charge in [0.25, 0.3) is 5.56 Å². The van der Waals surface area contributed by atoms with E-state index in [1.54, 1.807) is 7.11 Å². The van der Waals surface area contributed by atoms with Crippen LogP contribution in [-0.4, -0.2) is 11.7 Å². The van der Waals surface area contributed by atoms with Crippen molar-refractivity contribution < 1.29 is 9.47 Å². The zero-order chi connectivity index (χ0) is 30.3. The third-order valence-electron chi connectivity index (χ3n) is 8.75. The monoisotopic (exact) mass is 606 g/mol. The van der Waals surface area contributed by atoms with E-state index in [9.17, 15) is 4.79 Å². The summed E-state index contributed by atoms with van der Waals surface area (Å²) < 4.78 is 14.5. The van der Waals surface area contributed by atoms with E-state index in [2.05, 4.69) is 66.7 Å². The number of aromatic nitrogens is 1. The maximum Gasteiger partial charge on any atom is 0.271 e. The Kier molecular flexibility index (Phi) is 6.92. The van der Waals surface area contributed by atoms with Gasteiger partial charge >= 0.3 is 0 Å². The van der Waals surface area contributed by atoms with Gasteiger partial charge in [0.2, 0.25) is 0 Å². The van der Waals surface area contributed by atoms with Crippen LogP contribution in [0.4, 0.5) is 0 Å². The Morgan fingerprint density at radius 1 is 0.889 bits per heavy atom. The summed E-state index contributed by atoms with van der Waals surface area (Å²) in [6, 6.07) is 38.8. The van der Waals surface area contributed by atoms with E-state index in [4.69, 9.17) is 14.5 Å². The number of thiazole rings is 1. The molecule has 1 unspecified atom stereocenters. The van der Waals surface area contributed by atoms with Crippen molar-refractivity contribution in [1.82, 2.24) is 4.57 Å². The van der Waals surface area contributed by atoms with Crippen molar-refractivity contribution >= 4 is 33.9 Å². The predicted octanol–water partition coefficient (Wildman–Crippen LogP) is 7.06. The number of nitrogens with zero attached hydrogens (tertiary/aromatic N) is 2. The lowest BCUT2D eigenvalue weighted by Gasteiger charge is -2.31. The first kappa shape index (κ1) is 27.4. The van der Waals surface area contributed by atoms with E-state index in [1.165, 1.54) is 33.2 Å². The molecule has 1 aromatic heterocycles. The quantitative estimate of drug-likeness (QED) is 0.204.